The number of para-hydroxylation sites is 1. The molecule has 0 atom stereocenters. The second-order valence-electron chi connectivity index (χ2n) is 3.29. The largest absolute Gasteiger partial charge is 0.323 e. The highest BCUT2D eigenvalue weighted by molar-refractivity contribution is 7.89. The number of sulfonamides is 1. The molecule has 0 amide bonds. The Morgan fingerprint density at radius 2 is 2.11 bits per heavy atom. The van der Waals surface area contributed by atoms with Gasteiger partial charge < -0.3 is 5.43 Å². The maximum atomic E-state index is 12.0. The van der Waals surface area contributed by atoms with E-state index in [0.717, 1.165) is 0 Å². The van der Waals surface area contributed by atoms with Gasteiger partial charge in [-0.15, -0.1) is 10.2 Å². The molecule has 0 aliphatic carbocycles. The van der Waals surface area contributed by atoms with E-state index in [1.807, 2.05) is 0 Å². The number of nitrogens with two attached hydrogens (primary N) is 1. The minimum Gasteiger partial charge on any atom is -0.323 e. The first-order valence-electron chi connectivity index (χ1n) is 4.91. The zero-order chi connectivity index (χ0) is 13.0. The van der Waals surface area contributed by atoms with Gasteiger partial charge in [-0.2, -0.15) is 5.21 Å². The summed E-state index contributed by atoms with van der Waals surface area (Å²) >= 11 is 0. The third-order valence-corrected chi connectivity index (χ3v) is 3.60. The Hall–Kier alpha value is -2.04. The van der Waals surface area contributed by atoms with Crippen molar-refractivity contribution in [3.05, 3.63) is 30.1 Å². The normalized spacial score (nSPS) is 11.4. The lowest BCUT2D eigenvalue weighted by Crippen LogP contribution is -2.25. The zero-order valence-corrected chi connectivity index (χ0v) is 9.98. The summed E-state index contributed by atoms with van der Waals surface area (Å²) in [6.45, 7) is -0.0578. The van der Waals surface area contributed by atoms with Gasteiger partial charge in [0.1, 0.15) is 4.90 Å². The standard InChI is InChI=1S/C8H11N7O2S/c9-11-6-3-1-2-4-7(6)18(16,17)10-5-8-12-14-15-13-8/h1-4,10-11H,5,9H2,(H,12,13,14,15). The molecule has 0 saturated heterocycles. The van der Waals surface area contributed by atoms with Gasteiger partial charge in [-0.25, -0.2) is 13.1 Å². The number of nitrogens with zero attached hydrogens (tertiary/aromatic N) is 3. The first-order chi connectivity index (χ1) is 8.63. The van der Waals surface area contributed by atoms with Crippen molar-refractivity contribution in [3.63, 3.8) is 0 Å². The molecule has 0 radical (unpaired) electrons. The van der Waals surface area contributed by atoms with E-state index in [1.54, 1.807) is 18.2 Å². The fraction of sp³-hybridized carbons (Fsp3) is 0.125. The van der Waals surface area contributed by atoms with E-state index in [-0.39, 0.29) is 17.3 Å². The molecular weight excluding hydrogens is 258 g/mol. The fourth-order valence-corrected chi connectivity index (χ4v) is 2.46. The molecule has 0 bridgehead atoms. The monoisotopic (exact) mass is 269 g/mol. The predicted molar refractivity (Wildman–Crippen MR) is 62.5 cm³/mol. The van der Waals surface area contributed by atoms with Crippen molar-refractivity contribution >= 4 is 15.7 Å². The SMILES string of the molecule is NNc1ccccc1S(=O)(=O)NCc1nn[nH]n1. The van der Waals surface area contributed by atoms with Crippen LogP contribution < -0.4 is 16.0 Å². The van der Waals surface area contributed by atoms with E-state index in [0.29, 0.717) is 5.69 Å². The molecule has 0 aliphatic rings. The van der Waals surface area contributed by atoms with Crippen LogP contribution >= 0.6 is 0 Å². The van der Waals surface area contributed by atoms with E-state index >= 15 is 0 Å². The van der Waals surface area contributed by atoms with Gasteiger partial charge in [0, 0.05) is 0 Å². The fourth-order valence-electron chi connectivity index (χ4n) is 1.31. The number of nitrogen functional groups attached to an aromatic ring is 1. The van der Waals surface area contributed by atoms with Crippen LogP contribution in [0.4, 0.5) is 5.69 Å². The Labute approximate surface area is 103 Å². The van der Waals surface area contributed by atoms with Gasteiger partial charge in [-0.1, -0.05) is 17.3 Å². The Bertz CT molecular complexity index is 610. The average molecular weight is 269 g/mol. The molecule has 9 nitrogen and oxygen atoms in total. The van der Waals surface area contributed by atoms with Crippen LogP contribution in [-0.2, 0) is 16.6 Å². The van der Waals surface area contributed by atoms with Crippen LogP contribution in [-0.4, -0.2) is 29.0 Å². The molecular formula is C8H11N7O2S. The number of aromatic amines is 1. The molecule has 0 fully saturated rings. The Morgan fingerprint density at radius 1 is 1.33 bits per heavy atom. The average Bonchev–Trinajstić information content (AvgIpc) is 2.89. The maximum Gasteiger partial charge on any atom is 0.243 e. The third kappa shape index (κ3) is 2.61. The van der Waals surface area contributed by atoms with Crippen LogP contribution in [0.2, 0.25) is 0 Å². The number of hydrogen-bond acceptors (Lipinski definition) is 7. The van der Waals surface area contributed by atoms with Gasteiger partial charge in [0.2, 0.25) is 10.0 Å². The predicted octanol–water partition coefficient (Wildman–Crippen LogP) is -1.04. The van der Waals surface area contributed by atoms with Gasteiger partial charge in [-0.05, 0) is 12.1 Å². The van der Waals surface area contributed by atoms with Crippen molar-refractivity contribution < 1.29 is 8.42 Å². The number of nitrogens with one attached hydrogen (secondary N) is 3. The molecule has 5 N–H and O–H groups in total. The minimum atomic E-state index is -3.69. The van der Waals surface area contributed by atoms with Gasteiger partial charge in [0.25, 0.3) is 0 Å². The van der Waals surface area contributed by atoms with Crippen molar-refractivity contribution in [1.82, 2.24) is 25.3 Å². The van der Waals surface area contributed by atoms with E-state index < -0.39 is 10.0 Å². The van der Waals surface area contributed by atoms with Gasteiger partial charge in [0.05, 0.1) is 12.2 Å². The lowest BCUT2D eigenvalue weighted by atomic mass is 10.3. The van der Waals surface area contributed by atoms with Crippen LogP contribution in [0.25, 0.3) is 0 Å². The molecule has 0 unspecified atom stereocenters. The number of benzene rings is 1. The van der Waals surface area contributed by atoms with Crippen LogP contribution in [0.5, 0.6) is 0 Å². The van der Waals surface area contributed by atoms with Crippen LogP contribution in [0.3, 0.4) is 0 Å². The molecule has 1 aromatic carbocycles. The Balaban J connectivity index is 2.20. The molecule has 0 saturated carbocycles. The molecule has 10 heteroatoms. The lowest BCUT2D eigenvalue weighted by molar-refractivity contribution is 0.579. The highest BCUT2D eigenvalue weighted by Crippen LogP contribution is 2.19. The van der Waals surface area contributed by atoms with Crippen LogP contribution in [0.15, 0.2) is 29.2 Å². The molecule has 0 spiro atoms. The lowest BCUT2D eigenvalue weighted by Gasteiger charge is -2.09. The summed E-state index contributed by atoms with van der Waals surface area (Å²) in [5.41, 5.74) is 2.63. The molecule has 1 aromatic heterocycles. The first kappa shape index (κ1) is 12.4. The highest BCUT2D eigenvalue weighted by atomic mass is 32.2. The smallest absolute Gasteiger partial charge is 0.243 e. The number of anilines is 1. The summed E-state index contributed by atoms with van der Waals surface area (Å²) in [5.74, 6) is 5.50. The Morgan fingerprint density at radius 3 is 2.78 bits per heavy atom. The van der Waals surface area contributed by atoms with Crippen molar-refractivity contribution in [2.45, 2.75) is 11.4 Å². The van der Waals surface area contributed by atoms with Crippen molar-refractivity contribution in [2.24, 2.45) is 5.84 Å². The maximum absolute atomic E-state index is 12.0. The topological polar surface area (TPSA) is 139 Å². The number of tetrazole rings is 1. The van der Waals surface area contributed by atoms with E-state index in [9.17, 15) is 8.42 Å². The van der Waals surface area contributed by atoms with E-state index in [2.05, 4.69) is 30.8 Å². The number of aromatic nitrogens is 4. The summed E-state index contributed by atoms with van der Waals surface area (Å²) in [6, 6.07) is 6.27. The molecule has 2 aromatic rings. The number of H-pyrrole nitrogens is 1. The summed E-state index contributed by atoms with van der Waals surface area (Å²) < 4.78 is 26.4. The van der Waals surface area contributed by atoms with Crippen LogP contribution in [0, 0.1) is 0 Å². The second kappa shape index (κ2) is 5.08. The van der Waals surface area contributed by atoms with E-state index in [4.69, 9.17) is 5.84 Å². The molecule has 96 valence electrons. The molecule has 18 heavy (non-hydrogen) atoms. The zero-order valence-electron chi connectivity index (χ0n) is 9.16. The van der Waals surface area contributed by atoms with E-state index in [1.165, 1.54) is 6.07 Å². The van der Waals surface area contributed by atoms with Crippen LogP contribution in [0.1, 0.15) is 5.82 Å². The minimum absolute atomic E-state index is 0.0518. The van der Waals surface area contributed by atoms with Gasteiger partial charge >= 0.3 is 0 Å². The van der Waals surface area contributed by atoms with Crippen molar-refractivity contribution in [1.29, 1.82) is 0 Å². The van der Waals surface area contributed by atoms with Crippen molar-refractivity contribution in [3.8, 4) is 0 Å². The summed E-state index contributed by atoms with van der Waals surface area (Å²) in [7, 11) is -3.69. The third-order valence-electron chi connectivity index (χ3n) is 2.14. The highest BCUT2D eigenvalue weighted by Gasteiger charge is 2.18. The summed E-state index contributed by atoms with van der Waals surface area (Å²) in [4.78, 5) is 0.0518. The molecule has 0 aliphatic heterocycles. The molecule has 1 heterocycles. The second-order valence-corrected chi connectivity index (χ2v) is 5.03. The van der Waals surface area contributed by atoms with Crippen molar-refractivity contribution in [2.75, 3.05) is 5.43 Å². The number of hydrogen-bond donors (Lipinski definition) is 4. The van der Waals surface area contributed by atoms with Gasteiger partial charge in [0.15, 0.2) is 5.82 Å². The molecule has 2 rings (SSSR count). The quantitative estimate of drug-likeness (QED) is 0.402. The number of rotatable bonds is 5. The van der Waals surface area contributed by atoms with Gasteiger partial charge in [-0.3, -0.25) is 5.84 Å². The number of hydrazine groups is 1. The summed E-state index contributed by atoms with van der Waals surface area (Å²) in [5, 5.41) is 12.8. The summed E-state index contributed by atoms with van der Waals surface area (Å²) in [6.07, 6.45) is 0. The first-order valence-corrected chi connectivity index (χ1v) is 6.39. The Kier molecular flexibility index (Phi) is 3.50.